The fourth-order valence-electron chi connectivity index (χ4n) is 2.02. The second-order valence-electron chi connectivity index (χ2n) is 4.23. The van der Waals surface area contributed by atoms with Gasteiger partial charge in [0.25, 0.3) is 0 Å². The van der Waals surface area contributed by atoms with E-state index >= 15 is 0 Å². The van der Waals surface area contributed by atoms with Crippen LogP contribution in [0.4, 0.5) is 0 Å². The van der Waals surface area contributed by atoms with E-state index in [9.17, 15) is 5.11 Å². The first-order chi connectivity index (χ1) is 9.28. The molecule has 0 saturated heterocycles. The summed E-state index contributed by atoms with van der Waals surface area (Å²) in [5.74, 6) is 1.29. The predicted molar refractivity (Wildman–Crippen MR) is 74.3 cm³/mol. The molecule has 0 unspecified atom stereocenters. The normalized spacial score (nSPS) is 10.6. The predicted octanol–water partition coefficient (Wildman–Crippen LogP) is 4.10. The van der Waals surface area contributed by atoms with Crippen LogP contribution in [0, 0.1) is 0 Å². The number of phenols is 1. The highest BCUT2D eigenvalue weighted by molar-refractivity contribution is 5.82. The molecule has 2 aromatic carbocycles. The molecule has 1 aromatic heterocycles. The third-order valence-electron chi connectivity index (χ3n) is 3.00. The van der Waals surface area contributed by atoms with Gasteiger partial charge in [0.15, 0.2) is 11.5 Å². The summed E-state index contributed by atoms with van der Waals surface area (Å²) in [7, 11) is 1.52. The van der Waals surface area contributed by atoms with Crippen LogP contribution in [-0.2, 0) is 0 Å². The molecule has 3 rings (SSSR count). The Morgan fingerprint density at radius 3 is 2.53 bits per heavy atom. The summed E-state index contributed by atoms with van der Waals surface area (Å²) in [6.07, 6.45) is 0. The van der Waals surface area contributed by atoms with E-state index in [1.807, 2.05) is 42.5 Å². The van der Waals surface area contributed by atoms with Gasteiger partial charge in [-0.05, 0) is 18.2 Å². The molecule has 0 spiro atoms. The zero-order chi connectivity index (χ0) is 13.2. The summed E-state index contributed by atoms with van der Waals surface area (Å²) in [6, 6.07) is 17.0. The minimum Gasteiger partial charge on any atom is -0.504 e. The first kappa shape index (κ1) is 11.5. The van der Waals surface area contributed by atoms with Gasteiger partial charge in [0.05, 0.1) is 24.1 Å². The van der Waals surface area contributed by atoms with Crippen molar-refractivity contribution in [1.82, 2.24) is 0 Å². The van der Waals surface area contributed by atoms with E-state index in [0.29, 0.717) is 11.3 Å². The van der Waals surface area contributed by atoms with Crippen molar-refractivity contribution in [3.63, 3.8) is 0 Å². The molecule has 3 heteroatoms. The number of ether oxygens (including phenoxy) is 1. The van der Waals surface area contributed by atoms with Crippen molar-refractivity contribution in [3.05, 3.63) is 54.6 Å². The highest BCUT2D eigenvalue weighted by Crippen LogP contribution is 2.33. The Labute approximate surface area is 110 Å². The SMILES string of the molecule is COc1cc2[o+]c(-c3ccccc3)ccc2cc1O. The standard InChI is InChI=1S/C16H12O3/c1-18-16-10-15-12(9-13(16)17)7-8-14(19-15)11-5-3-2-4-6-11/h2-10H,1H3/p+1. The first-order valence-electron chi connectivity index (χ1n) is 5.97. The summed E-state index contributed by atoms with van der Waals surface area (Å²) < 4.78 is 10.9. The maximum Gasteiger partial charge on any atom is 0.364 e. The molecule has 0 aliphatic heterocycles. The maximum absolute atomic E-state index is 9.73. The Morgan fingerprint density at radius 2 is 1.79 bits per heavy atom. The van der Waals surface area contributed by atoms with Crippen LogP contribution < -0.4 is 4.74 Å². The highest BCUT2D eigenvalue weighted by Gasteiger charge is 2.16. The van der Waals surface area contributed by atoms with Crippen molar-refractivity contribution in [2.75, 3.05) is 7.11 Å². The van der Waals surface area contributed by atoms with E-state index < -0.39 is 0 Å². The Hall–Kier alpha value is -2.55. The average Bonchev–Trinajstić information content (AvgIpc) is 2.47. The largest absolute Gasteiger partial charge is 0.504 e. The van der Waals surface area contributed by atoms with Gasteiger partial charge in [-0.15, -0.1) is 0 Å². The summed E-state index contributed by atoms with van der Waals surface area (Å²) >= 11 is 0. The lowest BCUT2D eigenvalue weighted by Gasteiger charge is -2.01. The third kappa shape index (κ3) is 2.10. The van der Waals surface area contributed by atoms with Gasteiger partial charge in [0.1, 0.15) is 0 Å². The first-order valence-corrected chi connectivity index (χ1v) is 5.97. The molecule has 94 valence electrons. The molecule has 1 N–H and O–H groups in total. The van der Waals surface area contributed by atoms with Gasteiger partial charge < -0.3 is 9.84 Å². The molecular formula is C16H13O3+. The molecule has 0 amide bonds. The Balaban J connectivity index is 2.18. The van der Waals surface area contributed by atoms with Crippen LogP contribution >= 0.6 is 0 Å². The van der Waals surface area contributed by atoms with Crippen molar-refractivity contribution < 1.29 is 14.3 Å². The zero-order valence-electron chi connectivity index (χ0n) is 10.5. The molecule has 3 aromatic rings. The quantitative estimate of drug-likeness (QED) is 0.699. The van der Waals surface area contributed by atoms with Crippen LogP contribution in [0.25, 0.3) is 22.3 Å². The number of hydrogen-bond donors (Lipinski definition) is 1. The van der Waals surface area contributed by atoms with Crippen LogP contribution in [0.15, 0.2) is 59.0 Å². The minimum atomic E-state index is 0.109. The van der Waals surface area contributed by atoms with Gasteiger partial charge in [0.2, 0.25) is 0 Å². The number of phenolic OH excluding ortho intramolecular Hbond substituents is 1. The van der Waals surface area contributed by atoms with Crippen molar-refractivity contribution in [3.8, 4) is 22.8 Å². The van der Waals surface area contributed by atoms with Gasteiger partial charge in [-0.1, -0.05) is 18.2 Å². The zero-order valence-corrected chi connectivity index (χ0v) is 10.5. The Morgan fingerprint density at radius 1 is 1.00 bits per heavy atom. The van der Waals surface area contributed by atoms with Crippen LogP contribution in [-0.4, -0.2) is 12.2 Å². The topological polar surface area (TPSA) is 40.8 Å². The molecule has 0 bridgehead atoms. The van der Waals surface area contributed by atoms with Crippen molar-refractivity contribution in [1.29, 1.82) is 0 Å². The van der Waals surface area contributed by atoms with Crippen LogP contribution in [0.2, 0.25) is 0 Å². The fraction of sp³-hybridized carbons (Fsp3) is 0.0625. The second-order valence-corrected chi connectivity index (χ2v) is 4.23. The molecular weight excluding hydrogens is 240 g/mol. The number of rotatable bonds is 2. The van der Waals surface area contributed by atoms with Crippen molar-refractivity contribution in [2.24, 2.45) is 0 Å². The van der Waals surface area contributed by atoms with Crippen LogP contribution in [0.3, 0.4) is 0 Å². The average molecular weight is 253 g/mol. The third-order valence-corrected chi connectivity index (χ3v) is 3.00. The number of benzene rings is 2. The molecule has 0 radical (unpaired) electrons. The molecule has 1 heterocycles. The lowest BCUT2D eigenvalue weighted by molar-refractivity contribution is 0.373. The monoisotopic (exact) mass is 253 g/mol. The number of hydrogen-bond acceptors (Lipinski definition) is 2. The van der Waals surface area contributed by atoms with E-state index in [-0.39, 0.29) is 5.75 Å². The van der Waals surface area contributed by atoms with Gasteiger partial charge in [-0.25, -0.2) is 4.42 Å². The fourth-order valence-corrected chi connectivity index (χ4v) is 2.02. The molecule has 0 saturated carbocycles. The molecule has 19 heavy (non-hydrogen) atoms. The second kappa shape index (κ2) is 4.61. The molecule has 3 nitrogen and oxygen atoms in total. The van der Waals surface area contributed by atoms with Gasteiger partial charge >= 0.3 is 11.3 Å². The van der Waals surface area contributed by atoms with E-state index in [4.69, 9.17) is 9.15 Å². The molecule has 0 aliphatic carbocycles. The van der Waals surface area contributed by atoms with Crippen LogP contribution in [0.1, 0.15) is 0 Å². The van der Waals surface area contributed by atoms with Gasteiger partial charge in [0, 0.05) is 12.1 Å². The van der Waals surface area contributed by atoms with Crippen LogP contribution in [0.5, 0.6) is 11.5 Å². The lowest BCUT2D eigenvalue weighted by atomic mass is 10.1. The summed E-state index contributed by atoms with van der Waals surface area (Å²) in [5.41, 5.74) is 1.69. The smallest absolute Gasteiger partial charge is 0.364 e. The Kier molecular flexibility index (Phi) is 2.80. The van der Waals surface area contributed by atoms with E-state index in [0.717, 1.165) is 16.7 Å². The Bertz CT molecular complexity index is 721. The highest BCUT2D eigenvalue weighted by atomic mass is 16.5. The summed E-state index contributed by atoms with van der Waals surface area (Å²) in [4.78, 5) is 0. The van der Waals surface area contributed by atoms with E-state index in [2.05, 4.69) is 0 Å². The van der Waals surface area contributed by atoms with E-state index in [1.54, 1.807) is 12.1 Å². The van der Waals surface area contributed by atoms with Crippen molar-refractivity contribution in [2.45, 2.75) is 0 Å². The molecule has 0 atom stereocenters. The number of aromatic hydroxyl groups is 1. The van der Waals surface area contributed by atoms with Gasteiger partial charge in [-0.2, -0.15) is 0 Å². The molecule has 0 aliphatic rings. The van der Waals surface area contributed by atoms with Gasteiger partial charge in [-0.3, -0.25) is 0 Å². The lowest BCUT2D eigenvalue weighted by Crippen LogP contribution is -1.85. The summed E-state index contributed by atoms with van der Waals surface area (Å²) in [5, 5.41) is 10.6. The number of fused-ring (bicyclic) bond motifs is 1. The van der Waals surface area contributed by atoms with Crippen molar-refractivity contribution >= 4 is 11.0 Å². The summed E-state index contributed by atoms with van der Waals surface area (Å²) in [6.45, 7) is 0. The molecule has 0 fully saturated rings. The number of methoxy groups -OCH3 is 1. The maximum atomic E-state index is 9.73. The van der Waals surface area contributed by atoms with E-state index in [1.165, 1.54) is 7.11 Å². The minimum absolute atomic E-state index is 0.109.